The maximum absolute atomic E-state index is 12.0. The molecule has 0 saturated heterocycles. The van der Waals surface area contributed by atoms with Gasteiger partial charge in [0, 0.05) is 20.3 Å². The first-order chi connectivity index (χ1) is 10.0. The van der Waals surface area contributed by atoms with Gasteiger partial charge >= 0.3 is 5.97 Å². The molecule has 0 fully saturated rings. The van der Waals surface area contributed by atoms with Gasteiger partial charge in [-0.25, -0.2) is 4.79 Å². The number of thiophene rings is 1. The lowest BCUT2D eigenvalue weighted by atomic mass is 10.1. The van der Waals surface area contributed by atoms with E-state index in [2.05, 4.69) is 15.9 Å². The van der Waals surface area contributed by atoms with E-state index in [1.165, 1.54) is 17.4 Å². The maximum atomic E-state index is 12.0. The highest BCUT2D eigenvalue weighted by Gasteiger charge is 2.04. The molecule has 0 saturated carbocycles. The molecule has 1 N–H and O–H groups in total. The Morgan fingerprint density at radius 2 is 2.00 bits per heavy atom. The van der Waals surface area contributed by atoms with E-state index in [1.807, 2.05) is 11.4 Å². The Balaban J connectivity index is 1.99. The number of carbonyl (C=O) groups is 2. The van der Waals surface area contributed by atoms with Crippen LogP contribution in [0.25, 0.3) is 6.08 Å². The van der Waals surface area contributed by atoms with E-state index in [-0.39, 0.29) is 5.78 Å². The summed E-state index contributed by atoms with van der Waals surface area (Å²) in [5.41, 5.74) is 0.518. The van der Waals surface area contributed by atoms with Crippen molar-refractivity contribution in [2.45, 2.75) is 0 Å². The summed E-state index contributed by atoms with van der Waals surface area (Å²) in [6, 6.07) is 8.29. The lowest BCUT2D eigenvalue weighted by Gasteiger charge is -2.03. The molecule has 108 valence electrons. The smallest absolute Gasteiger partial charge is 0.341 e. The molecule has 2 rings (SSSR count). The molecule has 0 atom stereocenters. The van der Waals surface area contributed by atoms with Crippen LogP contribution in [0.5, 0.6) is 5.75 Å². The van der Waals surface area contributed by atoms with Crippen LogP contribution in [0.15, 0.2) is 46.3 Å². The monoisotopic (exact) mass is 366 g/mol. The van der Waals surface area contributed by atoms with E-state index in [1.54, 1.807) is 30.3 Å². The summed E-state index contributed by atoms with van der Waals surface area (Å²) in [6.45, 7) is -0.402. The molecule has 6 heteroatoms. The Morgan fingerprint density at radius 3 is 2.57 bits per heavy atom. The molecule has 1 aromatic heterocycles. The van der Waals surface area contributed by atoms with Crippen LogP contribution in [0.4, 0.5) is 0 Å². The van der Waals surface area contributed by atoms with E-state index in [0.717, 1.165) is 9.35 Å². The summed E-state index contributed by atoms with van der Waals surface area (Å²) in [5, 5.41) is 10.5. The second-order valence-corrected chi connectivity index (χ2v) is 5.93. The fourth-order valence-corrected chi connectivity index (χ4v) is 2.87. The van der Waals surface area contributed by atoms with E-state index in [9.17, 15) is 9.59 Å². The van der Waals surface area contributed by atoms with E-state index < -0.39 is 12.6 Å². The van der Waals surface area contributed by atoms with Crippen molar-refractivity contribution in [3.8, 4) is 5.75 Å². The largest absolute Gasteiger partial charge is 0.482 e. The van der Waals surface area contributed by atoms with E-state index in [0.29, 0.717) is 11.3 Å². The van der Waals surface area contributed by atoms with Crippen molar-refractivity contribution in [1.29, 1.82) is 0 Å². The van der Waals surface area contributed by atoms with Gasteiger partial charge in [-0.3, -0.25) is 4.79 Å². The second kappa shape index (κ2) is 7.19. The van der Waals surface area contributed by atoms with Crippen LogP contribution in [0.3, 0.4) is 0 Å². The van der Waals surface area contributed by atoms with Crippen LogP contribution >= 0.6 is 27.3 Å². The number of ketones is 1. The fourth-order valence-electron chi connectivity index (χ4n) is 1.53. The molecule has 0 radical (unpaired) electrons. The number of carboxylic acid groups (broad SMARTS) is 1. The molecule has 2 aromatic rings. The number of ether oxygens (including phenoxy) is 1. The molecular weight excluding hydrogens is 356 g/mol. The van der Waals surface area contributed by atoms with Gasteiger partial charge in [0.25, 0.3) is 0 Å². The molecule has 0 aliphatic heterocycles. The first-order valence-electron chi connectivity index (χ1n) is 5.96. The van der Waals surface area contributed by atoms with Gasteiger partial charge in [-0.05, 0) is 58.4 Å². The lowest BCUT2D eigenvalue weighted by Crippen LogP contribution is -2.09. The summed E-state index contributed by atoms with van der Waals surface area (Å²) in [4.78, 5) is 23.3. The SMILES string of the molecule is O=C(O)COc1ccc(C(=O)/C=C/c2cc(Br)cs2)cc1. The molecule has 4 nitrogen and oxygen atoms in total. The molecule has 1 aromatic carbocycles. The number of hydrogen-bond donors (Lipinski definition) is 1. The zero-order valence-corrected chi connectivity index (χ0v) is 13.2. The third kappa shape index (κ3) is 4.84. The van der Waals surface area contributed by atoms with Gasteiger partial charge in [-0.15, -0.1) is 11.3 Å². The minimum atomic E-state index is -1.04. The average Bonchev–Trinajstić information content (AvgIpc) is 2.89. The maximum Gasteiger partial charge on any atom is 0.341 e. The molecule has 0 bridgehead atoms. The number of carbonyl (C=O) groups excluding carboxylic acids is 1. The van der Waals surface area contributed by atoms with Gasteiger partial charge in [0.1, 0.15) is 5.75 Å². The van der Waals surface area contributed by atoms with Gasteiger partial charge in [-0.2, -0.15) is 0 Å². The highest BCUT2D eigenvalue weighted by atomic mass is 79.9. The van der Waals surface area contributed by atoms with Gasteiger partial charge in [-0.1, -0.05) is 0 Å². The fraction of sp³-hybridized carbons (Fsp3) is 0.0667. The first kappa shape index (κ1) is 15.5. The lowest BCUT2D eigenvalue weighted by molar-refractivity contribution is -0.139. The van der Waals surface area contributed by atoms with Crippen LogP contribution in [0.1, 0.15) is 15.2 Å². The zero-order chi connectivity index (χ0) is 15.2. The quantitative estimate of drug-likeness (QED) is 0.622. The van der Waals surface area contributed by atoms with Crippen LogP contribution in [0, 0.1) is 0 Å². The van der Waals surface area contributed by atoms with Crippen molar-refractivity contribution in [3.05, 3.63) is 56.7 Å². The number of rotatable bonds is 6. The predicted octanol–water partition coefficient (Wildman–Crippen LogP) is 3.87. The number of allylic oxidation sites excluding steroid dienone is 1. The number of hydrogen-bond acceptors (Lipinski definition) is 4. The highest BCUT2D eigenvalue weighted by molar-refractivity contribution is 9.10. The van der Waals surface area contributed by atoms with Crippen molar-refractivity contribution < 1.29 is 19.4 Å². The van der Waals surface area contributed by atoms with Gasteiger partial charge in [0.15, 0.2) is 12.4 Å². The average molecular weight is 367 g/mol. The standard InChI is InChI=1S/C15H11BrO4S/c16-11-7-13(21-9-11)5-6-14(17)10-1-3-12(4-2-10)20-8-15(18)19/h1-7,9H,8H2,(H,18,19)/b6-5+. The molecule has 21 heavy (non-hydrogen) atoms. The Bertz CT molecular complexity index is 673. The summed E-state index contributed by atoms with van der Waals surface area (Å²) in [6.07, 6.45) is 3.26. The predicted molar refractivity (Wildman–Crippen MR) is 85.0 cm³/mol. The molecule has 0 unspecified atom stereocenters. The van der Waals surface area contributed by atoms with Crippen molar-refractivity contribution in [2.24, 2.45) is 0 Å². The number of aliphatic carboxylic acids is 1. The number of carboxylic acids is 1. The first-order valence-corrected chi connectivity index (χ1v) is 7.63. The molecule has 0 spiro atoms. The Kier molecular flexibility index (Phi) is 5.30. The van der Waals surface area contributed by atoms with Crippen molar-refractivity contribution in [2.75, 3.05) is 6.61 Å². The molecule has 0 amide bonds. The molecule has 0 aliphatic rings. The zero-order valence-electron chi connectivity index (χ0n) is 10.8. The van der Waals surface area contributed by atoms with Crippen LogP contribution in [0.2, 0.25) is 0 Å². The molecular formula is C15H11BrO4S. The number of halogens is 1. The molecule has 0 aliphatic carbocycles. The normalized spacial score (nSPS) is 10.7. The third-order valence-corrected chi connectivity index (χ3v) is 4.15. The summed E-state index contributed by atoms with van der Waals surface area (Å²) < 4.78 is 5.99. The topological polar surface area (TPSA) is 63.6 Å². The summed E-state index contributed by atoms with van der Waals surface area (Å²) in [5.74, 6) is -0.746. The minimum absolute atomic E-state index is 0.121. The summed E-state index contributed by atoms with van der Waals surface area (Å²) in [7, 11) is 0. The Hall–Kier alpha value is -1.92. The Morgan fingerprint density at radius 1 is 1.29 bits per heavy atom. The van der Waals surface area contributed by atoms with Crippen LogP contribution < -0.4 is 4.74 Å². The van der Waals surface area contributed by atoms with Gasteiger partial charge < -0.3 is 9.84 Å². The minimum Gasteiger partial charge on any atom is -0.482 e. The summed E-state index contributed by atoms with van der Waals surface area (Å²) >= 11 is 4.89. The van der Waals surface area contributed by atoms with Gasteiger partial charge in [0.2, 0.25) is 0 Å². The van der Waals surface area contributed by atoms with Gasteiger partial charge in [0.05, 0.1) is 0 Å². The van der Waals surface area contributed by atoms with Crippen molar-refractivity contribution in [3.63, 3.8) is 0 Å². The number of benzene rings is 1. The van der Waals surface area contributed by atoms with Crippen molar-refractivity contribution in [1.82, 2.24) is 0 Å². The van der Waals surface area contributed by atoms with E-state index >= 15 is 0 Å². The van der Waals surface area contributed by atoms with Crippen LogP contribution in [-0.4, -0.2) is 23.5 Å². The highest BCUT2D eigenvalue weighted by Crippen LogP contribution is 2.21. The van der Waals surface area contributed by atoms with Crippen molar-refractivity contribution >= 4 is 45.1 Å². The van der Waals surface area contributed by atoms with E-state index in [4.69, 9.17) is 9.84 Å². The molecule has 1 heterocycles. The Labute approximate surface area is 133 Å². The second-order valence-electron chi connectivity index (χ2n) is 4.07. The van der Waals surface area contributed by atoms with Crippen LogP contribution in [-0.2, 0) is 4.79 Å². The third-order valence-electron chi connectivity index (χ3n) is 2.49.